The van der Waals surface area contributed by atoms with Crippen LogP contribution in [0.4, 0.5) is 26.3 Å². The van der Waals surface area contributed by atoms with Crippen molar-refractivity contribution in [2.24, 2.45) is 0 Å². The van der Waals surface area contributed by atoms with Gasteiger partial charge in [0.1, 0.15) is 34.9 Å². The van der Waals surface area contributed by atoms with Crippen LogP contribution in [0.2, 0.25) is 0 Å². The van der Waals surface area contributed by atoms with E-state index >= 15 is 26.3 Å². The lowest BCUT2D eigenvalue weighted by Gasteiger charge is -2.21. The molecule has 84 heavy (non-hydrogen) atoms. The Balaban J connectivity index is 0.918. The minimum atomic E-state index is -0.408. The summed E-state index contributed by atoms with van der Waals surface area (Å²) in [5.41, 5.74) is 15.7. The number of halogens is 6. The van der Waals surface area contributed by atoms with Gasteiger partial charge in [-0.05, 0) is 272 Å². The van der Waals surface area contributed by atoms with Crippen molar-refractivity contribution in [1.29, 1.82) is 0 Å². The SMILES string of the molecule is Fc1cccc(-c2cc(-c3cccc(F)c3)c3c(c2-c2cccc(F)c2)-c2ccc4c5ccc6c7ccc8c9c(ccc(c%10ccc(c%11ccc-3c2c%114)c5c%106)c97)-c2c(-c3cccc(F)c3)cc(-c3cccc(F)c3)c(-c3cccc(F)c3)c2-8)c1. The van der Waals surface area contributed by atoms with Crippen LogP contribution in [0.5, 0.6) is 0 Å². The van der Waals surface area contributed by atoms with Gasteiger partial charge in [0.2, 0.25) is 0 Å². The molecule has 16 aromatic rings. The molecule has 0 unspecified atom stereocenters. The first-order chi connectivity index (χ1) is 41.1. The molecule has 2 aliphatic carbocycles. The highest BCUT2D eigenvalue weighted by Gasteiger charge is 2.35. The lowest BCUT2D eigenvalue weighted by Crippen LogP contribution is -1.95. The maximum atomic E-state index is 15.5. The lowest BCUT2D eigenvalue weighted by molar-refractivity contribution is 0.627. The van der Waals surface area contributed by atoms with E-state index in [1.165, 1.54) is 72.8 Å². The largest absolute Gasteiger partial charge is 0.207 e. The van der Waals surface area contributed by atoms with Gasteiger partial charge in [-0.1, -0.05) is 146 Å². The van der Waals surface area contributed by atoms with Gasteiger partial charge < -0.3 is 0 Å². The van der Waals surface area contributed by atoms with Crippen LogP contribution in [0.1, 0.15) is 0 Å². The molecule has 0 saturated heterocycles. The Hall–Kier alpha value is -10.6. The third-order valence-electron chi connectivity index (χ3n) is 18.1. The monoisotopic (exact) mass is 1090 g/mol. The second kappa shape index (κ2) is 17.0. The summed E-state index contributed by atoms with van der Waals surface area (Å²) in [6, 6.07) is 69.7. The molecule has 0 bridgehead atoms. The summed E-state index contributed by atoms with van der Waals surface area (Å²) in [6.07, 6.45) is 0. The van der Waals surface area contributed by atoms with E-state index < -0.39 is 23.3 Å². The Kier molecular flexibility index (Phi) is 9.54. The van der Waals surface area contributed by atoms with Crippen LogP contribution >= 0.6 is 0 Å². The van der Waals surface area contributed by atoms with Crippen LogP contribution in [0.15, 0.2) is 231 Å². The first kappa shape index (κ1) is 47.1. The van der Waals surface area contributed by atoms with Crippen molar-refractivity contribution in [3.63, 3.8) is 0 Å². The van der Waals surface area contributed by atoms with E-state index in [-0.39, 0.29) is 11.6 Å². The van der Waals surface area contributed by atoms with Crippen LogP contribution in [-0.2, 0) is 0 Å². The van der Waals surface area contributed by atoms with E-state index in [4.69, 9.17) is 0 Å². The van der Waals surface area contributed by atoms with E-state index in [1.54, 1.807) is 36.4 Å². The van der Waals surface area contributed by atoms with Crippen LogP contribution < -0.4 is 0 Å². The summed E-state index contributed by atoms with van der Waals surface area (Å²) in [5, 5.41) is 15.1. The predicted octanol–water partition coefficient (Wildman–Crippen LogP) is 22.8. The molecule has 0 amide bonds. The fraction of sp³-hybridized carbons (Fsp3) is 0. The summed E-state index contributed by atoms with van der Waals surface area (Å²) in [5.74, 6) is -2.38. The van der Waals surface area contributed by atoms with Gasteiger partial charge >= 0.3 is 0 Å². The number of rotatable bonds is 6. The van der Waals surface area contributed by atoms with Gasteiger partial charge in [0.25, 0.3) is 0 Å². The Morgan fingerprint density at radius 2 is 0.369 bits per heavy atom. The molecule has 0 spiro atoms. The fourth-order valence-corrected chi connectivity index (χ4v) is 15.0. The topological polar surface area (TPSA) is 0 Å². The van der Waals surface area contributed by atoms with Crippen molar-refractivity contribution < 1.29 is 26.3 Å². The van der Waals surface area contributed by atoms with Crippen LogP contribution in [-0.4, -0.2) is 0 Å². The van der Waals surface area contributed by atoms with Crippen molar-refractivity contribution in [2.45, 2.75) is 0 Å². The predicted molar refractivity (Wildman–Crippen MR) is 333 cm³/mol. The zero-order valence-corrected chi connectivity index (χ0v) is 44.2. The third-order valence-corrected chi connectivity index (χ3v) is 18.1. The van der Waals surface area contributed by atoms with Gasteiger partial charge in [-0.3, -0.25) is 0 Å². The molecular formula is C78H38F6. The molecule has 0 heterocycles. The highest BCUT2D eigenvalue weighted by Crippen LogP contribution is 2.62. The van der Waals surface area contributed by atoms with Crippen molar-refractivity contribution >= 4 is 75.4 Å². The van der Waals surface area contributed by atoms with E-state index in [0.717, 1.165) is 142 Å². The summed E-state index contributed by atoms with van der Waals surface area (Å²) in [6.45, 7) is 0. The number of hydrogen-bond donors (Lipinski definition) is 0. The van der Waals surface area contributed by atoms with Gasteiger partial charge in [-0.2, -0.15) is 0 Å². The van der Waals surface area contributed by atoms with E-state index in [1.807, 2.05) is 48.5 Å². The molecule has 0 fully saturated rings. The Bertz CT molecular complexity index is 5220. The zero-order chi connectivity index (χ0) is 56.0. The third kappa shape index (κ3) is 6.39. The highest BCUT2D eigenvalue weighted by molar-refractivity contribution is 6.45. The second-order valence-electron chi connectivity index (χ2n) is 22.5. The van der Waals surface area contributed by atoms with Crippen molar-refractivity contribution in [3.05, 3.63) is 265 Å². The quantitative estimate of drug-likeness (QED) is 0.0884. The maximum Gasteiger partial charge on any atom is 0.123 e. The van der Waals surface area contributed by atoms with Gasteiger partial charge in [0, 0.05) is 0 Å². The first-order valence-corrected chi connectivity index (χ1v) is 27.9. The number of fused-ring (bicyclic) bond motifs is 10. The molecule has 0 aliphatic heterocycles. The normalized spacial score (nSPS) is 12.4. The molecular weight excluding hydrogens is 1050 g/mol. The van der Waals surface area contributed by atoms with Gasteiger partial charge in [-0.15, -0.1) is 0 Å². The summed E-state index contributed by atoms with van der Waals surface area (Å²) >= 11 is 0. The average molecular weight is 1090 g/mol. The highest BCUT2D eigenvalue weighted by atomic mass is 19.1. The van der Waals surface area contributed by atoms with E-state index in [2.05, 4.69) is 72.8 Å². The molecule has 18 rings (SSSR count). The van der Waals surface area contributed by atoms with E-state index in [0.29, 0.717) is 44.5 Å². The Labute approximate surface area is 476 Å². The van der Waals surface area contributed by atoms with Gasteiger partial charge in [-0.25, -0.2) is 26.3 Å². The summed E-state index contributed by atoms with van der Waals surface area (Å²) in [7, 11) is 0. The molecule has 0 saturated carbocycles. The van der Waals surface area contributed by atoms with Crippen molar-refractivity contribution in [1.82, 2.24) is 0 Å². The van der Waals surface area contributed by atoms with Crippen molar-refractivity contribution in [3.8, 4) is 111 Å². The molecule has 0 radical (unpaired) electrons. The van der Waals surface area contributed by atoms with Crippen LogP contribution in [0.3, 0.4) is 0 Å². The average Bonchev–Trinajstić information content (AvgIpc) is 1.38. The molecule has 0 atom stereocenters. The van der Waals surface area contributed by atoms with Crippen LogP contribution in [0, 0.1) is 34.9 Å². The van der Waals surface area contributed by atoms with E-state index in [9.17, 15) is 0 Å². The minimum Gasteiger partial charge on any atom is -0.207 e. The standard InChI is InChI=1S/C78H38F6/c79-45-13-1-7-39(31-45)63-37-65(41-9-3-15-47(81)33-41)75-59-27-23-55-51-19-20-52-56-24-28-60-74-62(78-68(44-12-6-18-50(84)36-44)64(40-8-2-14-46(80)32-40)38-66(76(60)78)42-10-4-16-48(82)34-42)30-26-58(72(56)74)54-22-21-53(69(51)70(52)54)57-25-29-61(73(59)71(55)57)77(75)67(63)43-11-5-17-49(83)35-43/h1-38H. The molecule has 6 heteroatoms. The van der Waals surface area contributed by atoms with Gasteiger partial charge in [0.15, 0.2) is 0 Å². The second-order valence-corrected chi connectivity index (χ2v) is 22.5. The molecule has 0 N–H and O–H groups in total. The minimum absolute atomic E-state index is 0.383. The summed E-state index contributed by atoms with van der Waals surface area (Å²) < 4.78 is 92.6. The molecule has 0 nitrogen and oxygen atoms in total. The Morgan fingerprint density at radius 3 is 0.643 bits per heavy atom. The smallest absolute Gasteiger partial charge is 0.123 e. The summed E-state index contributed by atoms with van der Waals surface area (Å²) in [4.78, 5) is 0. The zero-order valence-electron chi connectivity index (χ0n) is 44.2. The number of hydrogen-bond acceptors (Lipinski definition) is 0. The molecule has 16 aromatic carbocycles. The molecule has 392 valence electrons. The lowest BCUT2D eigenvalue weighted by atomic mass is 9.82. The maximum absolute atomic E-state index is 15.5. The van der Waals surface area contributed by atoms with Crippen LogP contribution in [0.25, 0.3) is 187 Å². The van der Waals surface area contributed by atoms with Crippen molar-refractivity contribution in [2.75, 3.05) is 0 Å². The molecule has 0 aromatic heterocycles. The fourth-order valence-electron chi connectivity index (χ4n) is 15.0. The first-order valence-electron chi connectivity index (χ1n) is 27.9. The Morgan fingerprint density at radius 1 is 0.155 bits per heavy atom. The number of benzene rings is 16. The molecule has 2 aliphatic rings. The van der Waals surface area contributed by atoms with Gasteiger partial charge in [0.05, 0.1) is 0 Å².